The molecule has 10 heteroatoms. The lowest BCUT2D eigenvalue weighted by atomic mass is 10.1. The molecule has 168 valence electrons. The van der Waals surface area contributed by atoms with Crippen LogP contribution in [-0.4, -0.2) is 64.0 Å². The van der Waals surface area contributed by atoms with Gasteiger partial charge in [0.25, 0.3) is 5.91 Å². The second-order valence-electron chi connectivity index (χ2n) is 7.14. The molecule has 1 aliphatic rings. The van der Waals surface area contributed by atoms with E-state index in [1.165, 1.54) is 47.6 Å². The van der Waals surface area contributed by atoms with Gasteiger partial charge in [-0.3, -0.25) is 4.79 Å². The summed E-state index contributed by atoms with van der Waals surface area (Å²) in [6.45, 7) is 2.71. The highest BCUT2D eigenvalue weighted by Crippen LogP contribution is 2.29. The Labute approximate surface area is 180 Å². The van der Waals surface area contributed by atoms with Crippen molar-refractivity contribution >= 4 is 15.9 Å². The number of carbonyl (C=O) groups is 1. The van der Waals surface area contributed by atoms with Crippen molar-refractivity contribution < 1.29 is 31.5 Å². The van der Waals surface area contributed by atoms with Gasteiger partial charge in [0, 0.05) is 20.1 Å². The molecule has 0 aromatic heterocycles. The van der Waals surface area contributed by atoms with Crippen molar-refractivity contribution in [3.8, 4) is 5.75 Å². The molecule has 0 saturated carbocycles. The van der Waals surface area contributed by atoms with Crippen LogP contribution < -0.4 is 4.74 Å². The highest BCUT2D eigenvalue weighted by atomic mass is 32.2. The number of amides is 1. The summed E-state index contributed by atoms with van der Waals surface area (Å²) in [5.74, 6) is -2.31. The quantitative estimate of drug-likeness (QED) is 0.671. The highest BCUT2D eigenvalue weighted by molar-refractivity contribution is 7.89. The van der Waals surface area contributed by atoms with Crippen molar-refractivity contribution in [3.05, 3.63) is 59.2 Å². The first-order valence-electron chi connectivity index (χ1n) is 9.65. The molecule has 1 atom stereocenters. The number of carbonyl (C=O) groups excluding carboxylic acids is 1. The van der Waals surface area contributed by atoms with E-state index < -0.39 is 33.6 Å². The predicted octanol–water partition coefficient (Wildman–Crippen LogP) is 2.83. The molecule has 1 unspecified atom stereocenters. The van der Waals surface area contributed by atoms with Crippen molar-refractivity contribution in [2.24, 2.45) is 0 Å². The molecular weight excluding hydrogens is 430 g/mol. The summed E-state index contributed by atoms with van der Waals surface area (Å²) in [4.78, 5) is 14.5. The maximum absolute atomic E-state index is 13.6. The molecule has 2 aromatic carbocycles. The Hall–Kier alpha value is -2.56. The van der Waals surface area contributed by atoms with Gasteiger partial charge in [-0.2, -0.15) is 4.31 Å². The second-order valence-corrected chi connectivity index (χ2v) is 9.08. The first-order chi connectivity index (χ1) is 14.7. The number of methoxy groups -OCH3 is 1. The molecule has 31 heavy (non-hydrogen) atoms. The van der Waals surface area contributed by atoms with Crippen LogP contribution in [0.1, 0.15) is 28.9 Å². The molecule has 2 aromatic rings. The molecule has 3 rings (SSSR count). The van der Waals surface area contributed by atoms with Gasteiger partial charge < -0.3 is 14.4 Å². The monoisotopic (exact) mass is 454 g/mol. The Morgan fingerprint density at radius 1 is 1.13 bits per heavy atom. The van der Waals surface area contributed by atoms with Gasteiger partial charge in [-0.25, -0.2) is 17.2 Å². The average molecular weight is 454 g/mol. The predicted molar refractivity (Wildman–Crippen MR) is 109 cm³/mol. The number of rotatable bonds is 6. The molecule has 0 spiro atoms. The number of halogens is 2. The molecular formula is C21H24F2N2O5S. The third-order valence-corrected chi connectivity index (χ3v) is 7.23. The maximum atomic E-state index is 13.6. The largest absolute Gasteiger partial charge is 0.496 e. The van der Waals surface area contributed by atoms with E-state index in [4.69, 9.17) is 9.47 Å². The minimum absolute atomic E-state index is 0.0348. The summed E-state index contributed by atoms with van der Waals surface area (Å²) >= 11 is 0. The van der Waals surface area contributed by atoms with E-state index in [9.17, 15) is 22.0 Å². The van der Waals surface area contributed by atoms with Crippen LogP contribution in [0.2, 0.25) is 0 Å². The van der Waals surface area contributed by atoms with Gasteiger partial charge in [-0.1, -0.05) is 6.07 Å². The van der Waals surface area contributed by atoms with E-state index >= 15 is 0 Å². The summed E-state index contributed by atoms with van der Waals surface area (Å²) in [6, 6.07) is 6.90. The van der Waals surface area contributed by atoms with Crippen LogP contribution >= 0.6 is 0 Å². The van der Waals surface area contributed by atoms with Gasteiger partial charge in [0.15, 0.2) is 11.6 Å². The van der Waals surface area contributed by atoms with Gasteiger partial charge in [0.05, 0.1) is 36.8 Å². The summed E-state index contributed by atoms with van der Waals surface area (Å²) in [5, 5.41) is 0. The molecule has 0 aliphatic carbocycles. The fourth-order valence-electron chi connectivity index (χ4n) is 3.31. The Morgan fingerprint density at radius 2 is 1.81 bits per heavy atom. The zero-order valence-electron chi connectivity index (χ0n) is 17.5. The number of morpholine rings is 1. The van der Waals surface area contributed by atoms with Crippen molar-refractivity contribution in [1.29, 1.82) is 0 Å². The number of sulfonamides is 1. The summed E-state index contributed by atoms with van der Waals surface area (Å²) < 4.78 is 64.6. The fourth-order valence-corrected chi connectivity index (χ4v) is 4.75. The van der Waals surface area contributed by atoms with Crippen LogP contribution in [0.5, 0.6) is 5.75 Å². The van der Waals surface area contributed by atoms with E-state index in [2.05, 4.69) is 0 Å². The molecule has 1 aliphatic heterocycles. The molecule has 0 radical (unpaired) electrons. The van der Waals surface area contributed by atoms with Crippen LogP contribution in [0.3, 0.4) is 0 Å². The smallest absolute Gasteiger partial charge is 0.257 e. The number of hydrogen-bond donors (Lipinski definition) is 0. The lowest BCUT2D eigenvalue weighted by Crippen LogP contribution is -2.40. The van der Waals surface area contributed by atoms with E-state index in [-0.39, 0.29) is 29.3 Å². The fraction of sp³-hybridized carbons (Fsp3) is 0.381. The van der Waals surface area contributed by atoms with Gasteiger partial charge in [-0.05, 0) is 42.8 Å². The van der Waals surface area contributed by atoms with Gasteiger partial charge in [0.1, 0.15) is 5.75 Å². The van der Waals surface area contributed by atoms with E-state index in [1.807, 2.05) is 0 Å². The van der Waals surface area contributed by atoms with Crippen LogP contribution in [-0.2, 0) is 14.8 Å². The van der Waals surface area contributed by atoms with Crippen molar-refractivity contribution in [2.75, 3.05) is 40.5 Å². The van der Waals surface area contributed by atoms with Gasteiger partial charge >= 0.3 is 0 Å². The average Bonchev–Trinajstić information content (AvgIpc) is 2.79. The summed E-state index contributed by atoms with van der Waals surface area (Å²) in [5.41, 5.74) is 0.444. The standard InChI is InChI=1S/C21H24F2N2O5S/c1-14(15-4-6-18(22)19(23)12-15)24(2)21(26)17-13-16(5-7-20(17)29-3)31(27,28)25-8-10-30-11-9-25/h4-7,12-14H,8-11H2,1-3H3. The molecule has 1 fully saturated rings. The maximum Gasteiger partial charge on any atom is 0.257 e. The Bertz CT molecular complexity index is 1070. The molecule has 1 saturated heterocycles. The zero-order valence-corrected chi connectivity index (χ0v) is 18.3. The van der Waals surface area contributed by atoms with Gasteiger partial charge in [-0.15, -0.1) is 0 Å². The third-order valence-electron chi connectivity index (χ3n) is 5.34. The van der Waals surface area contributed by atoms with Crippen molar-refractivity contribution in [3.63, 3.8) is 0 Å². The van der Waals surface area contributed by atoms with Crippen molar-refractivity contribution in [2.45, 2.75) is 17.9 Å². The number of nitrogens with zero attached hydrogens (tertiary/aromatic N) is 2. The first kappa shape index (κ1) is 23.1. The molecule has 0 N–H and O–H groups in total. The summed E-state index contributed by atoms with van der Waals surface area (Å²) in [7, 11) is -0.943. The van der Waals surface area contributed by atoms with Crippen LogP contribution in [0.4, 0.5) is 8.78 Å². The SMILES string of the molecule is COc1ccc(S(=O)(=O)N2CCOCC2)cc1C(=O)N(C)C(C)c1ccc(F)c(F)c1. The lowest BCUT2D eigenvalue weighted by molar-refractivity contribution is 0.0728. The van der Waals surface area contributed by atoms with E-state index in [0.717, 1.165) is 12.1 Å². The molecule has 1 amide bonds. The Kier molecular flexibility index (Phi) is 6.93. The van der Waals surface area contributed by atoms with Crippen LogP contribution in [0, 0.1) is 11.6 Å². The summed E-state index contributed by atoms with van der Waals surface area (Å²) in [6.07, 6.45) is 0. The van der Waals surface area contributed by atoms with E-state index in [0.29, 0.717) is 18.8 Å². The zero-order chi connectivity index (χ0) is 22.8. The van der Waals surface area contributed by atoms with Crippen LogP contribution in [0.15, 0.2) is 41.3 Å². The topological polar surface area (TPSA) is 76.1 Å². The van der Waals surface area contributed by atoms with Crippen molar-refractivity contribution in [1.82, 2.24) is 9.21 Å². The molecule has 0 bridgehead atoms. The first-order valence-corrected chi connectivity index (χ1v) is 11.1. The third kappa shape index (κ3) is 4.70. The number of hydrogen-bond acceptors (Lipinski definition) is 5. The highest BCUT2D eigenvalue weighted by Gasteiger charge is 2.29. The van der Waals surface area contributed by atoms with Crippen LogP contribution in [0.25, 0.3) is 0 Å². The normalized spacial score (nSPS) is 16.0. The van der Waals surface area contributed by atoms with Gasteiger partial charge in [0.2, 0.25) is 10.0 Å². The molecule has 7 nitrogen and oxygen atoms in total. The molecule has 1 heterocycles. The Morgan fingerprint density at radius 3 is 2.42 bits per heavy atom. The van der Waals surface area contributed by atoms with E-state index in [1.54, 1.807) is 6.92 Å². The lowest BCUT2D eigenvalue weighted by Gasteiger charge is -2.28. The Balaban J connectivity index is 1.93. The second kappa shape index (κ2) is 9.29. The number of ether oxygens (including phenoxy) is 2. The minimum Gasteiger partial charge on any atom is -0.496 e. The number of benzene rings is 2. The minimum atomic E-state index is -3.82.